The third kappa shape index (κ3) is 8.78. The van der Waals surface area contributed by atoms with Crippen LogP contribution in [-0.4, -0.2) is 40.1 Å². The summed E-state index contributed by atoms with van der Waals surface area (Å²) in [5.41, 5.74) is -3.94. The predicted octanol–water partition coefficient (Wildman–Crippen LogP) is 5.59. The van der Waals surface area contributed by atoms with E-state index in [0.717, 1.165) is 12.1 Å². The Morgan fingerprint density at radius 2 is 1.25 bits per heavy atom. The van der Waals surface area contributed by atoms with Gasteiger partial charge >= 0.3 is 18.3 Å². The van der Waals surface area contributed by atoms with Crippen LogP contribution in [0.2, 0.25) is 0 Å². The maximum Gasteiger partial charge on any atom is 0.514 e. The van der Waals surface area contributed by atoms with Crippen LogP contribution >= 0.6 is 0 Å². The molecule has 0 aliphatic rings. The van der Waals surface area contributed by atoms with Crippen LogP contribution in [-0.2, 0) is 14.2 Å². The quantitative estimate of drug-likeness (QED) is 0.188. The Balaban J connectivity index is 3.44. The van der Waals surface area contributed by atoms with Crippen LogP contribution in [0.25, 0.3) is 0 Å². The predicted molar refractivity (Wildman–Crippen MR) is 115 cm³/mol. The second-order valence-corrected chi connectivity index (χ2v) is 9.77. The van der Waals surface area contributed by atoms with Crippen LogP contribution in [0.15, 0.2) is 18.2 Å². The van der Waals surface area contributed by atoms with Gasteiger partial charge in [0.15, 0.2) is 0 Å². The van der Waals surface area contributed by atoms with Crippen LogP contribution in [0, 0.1) is 10.1 Å². The van der Waals surface area contributed by atoms with Gasteiger partial charge in [-0.2, -0.15) is 4.90 Å². The minimum Gasteiger partial charge on any atom is -0.443 e. The first-order valence-electron chi connectivity index (χ1n) is 9.74. The highest BCUT2D eigenvalue weighted by Gasteiger charge is 2.37. The molecule has 0 radical (unpaired) electrons. The van der Waals surface area contributed by atoms with Gasteiger partial charge in [-0.05, 0) is 74.4 Å². The molecule has 0 saturated carbocycles. The first-order valence-corrected chi connectivity index (χ1v) is 9.74. The van der Waals surface area contributed by atoms with Gasteiger partial charge in [-0.1, -0.05) is 0 Å². The molecule has 0 atom stereocenters. The third-order valence-corrected chi connectivity index (χ3v) is 3.13. The molecule has 1 aromatic rings. The zero-order chi connectivity index (χ0) is 25.1. The lowest BCUT2D eigenvalue weighted by Gasteiger charge is -2.28. The zero-order valence-electron chi connectivity index (χ0n) is 19.8. The first-order chi connectivity index (χ1) is 14.3. The molecule has 1 aromatic carbocycles. The van der Waals surface area contributed by atoms with Crippen molar-refractivity contribution in [1.29, 1.82) is 0 Å². The number of carbonyl (C=O) groups is 3. The molecule has 0 saturated heterocycles. The van der Waals surface area contributed by atoms with Crippen molar-refractivity contribution in [1.82, 2.24) is 0 Å². The Kier molecular flexibility index (Phi) is 7.84. The molecule has 0 heterocycles. The fraction of sp³-hybridized carbons (Fsp3) is 0.571. The summed E-state index contributed by atoms with van der Waals surface area (Å²) in [6.45, 7) is 14.3. The Labute approximate surface area is 186 Å². The number of nitrogens with zero attached hydrogens (tertiary/aromatic N) is 2. The normalized spacial score (nSPS) is 11.9. The second kappa shape index (κ2) is 9.41. The summed E-state index contributed by atoms with van der Waals surface area (Å²) in [4.78, 5) is 48.7. The van der Waals surface area contributed by atoms with E-state index < -0.39 is 51.4 Å². The number of nitro groups is 1. The molecule has 0 N–H and O–H groups in total. The number of ether oxygens (including phenoxy) is 4. The highest BCUT2D eigenvalue weighted by molar-refractivity contribution is 6.11. The second-order valence-electron chi connectivity index (χ2n) is 9.77. The van der Waals surface area contributed by atoms with Gasteiger partial charge in [0.2, 0.25) is 0 Å². The van der Waals surface area contributed by atoms with E-state index >= 15 is 0 Å². The molecule has 0 aliphatic carbocycles. The standard InChI is InChI=1S/C21H30N2O9/c1-19(2,3)30-16(24)22(17(25)31-20(4,5)6)14-11-10-13(12-15(14)23(27)28)29-18(26)32-21(7,8)9/h10-12H,1-9H3. The lowest BCUT2D eigenvalue weighted by molar-refractivity contribution is -0.384. The number of rotatable bonds is 3. The molecule has 32 heavy (non-hydrogen) atoms. The minimum atomic E-state index is -1.17. The Morgan fingerprint density at radius 3 is 1.62 bits per heavy atom. The third-order valence-electron chi connectivity index (χ3n) is 3.13. The van der Waals surface area contributed by atoms with Gasteiger partial charge in [0.25, 0.3) is 5.69 Å². The first kappa shape index (κ1) is 26.7. The number of hydrogen-bond donors (Lipinski definition) is 0. The molecule has 1 rings (SSSR count). The van der Waals surface area contributed by atoms with E-state index in [4.69, 9.17) is 18.9 Å². The summed E-state index contributed by atoms with van der Waals surface area (Å²) in [5.74, 6) is -0.219. The lowest BCUT2D eigenvalue weighted by Crippen LogP contribution is -2.44. The number of hydrogen-bond acceptors (Lipinski definition) is 9. The van der Waals surface area contributed by atoms with Crippen molar-refractivity contribution in [3.05, 3.63) is 28.3 Å². The van der Waals surface area contributed by atoms with Crippen molar-refractivity contribution in [2.45, 2.75) is 79.1 Å². The van der Waals surface area contributed by atoms with E-state index in [2.05, 4.69) is 0 Å². The SMILES string of the molecule is CC(C)(C)OC(=O)Oc1ccc(N(C(=O)OC(C)(C)C)C(=O)OC(C)(C)C)c([N+](=O)[O-])c1. The maximum absolute atomic E-state index is 12.8. The van der Waals surface area contributed by atoms with E-state index in [0.29, 0.717) is 4.90 Å². The summed E-state index contributed by atoms with van der Waals surface area (Å²) < 4.78 is 20.5. The van der Waals surface area contributed by atoms with Crippen LogP contribution in [0.1, 0.15) is 62.3 Å². The molecule has 0 fully saturated rings. The molecule has 178 valence electrons. The van der Waals surface area contributed by atoms with Crippen LogP contribution in [0.3, 0.4) is 0 Å². The molecule has 11 heteroatoms. The summed E-state index contributed by atoms with van der Waals surface area (Å²) in [7, 11) is 0. The minimum absolute atomic E-state index is 0.219. The van der Waals surface area contributed by atoms with Crippen molar-refractivity contribution in [3.63, 3.8) is 0 Å². The Hall–Kier alpha value is -3.37. The highest BCUT2D eigenvalue weighted by atomic mass is 16.7. The van der Waals surface area contributed by atoms with Gasteiger partial charge in [-0.15, -0.1) is 0 Å². The largest absolute Gasteiger partial charge is 0.514 e. The monoisotopic (exact) mass is 454 g/mol. The van der Waals surface area contributed by atoms with E-state index in [-0.39, 0.29) is 5.75 Å². The van der Waals surface area contributed by atoms with Gasteiger partial charge in [-0.3, -0.25) is 10.1 Å². The van der Waals surface area contributed by atoms with Crippen LogP contribution in [0.4, 0.5) is 25.8 Å². The Bertz CT molecular complexity index is 862. The van der Waals surface area contributed by atoms with Gasteiger partial charge in [-0.25, -0.2) is 14.4 Å². The topological polar surface area (TPSA) is 135 Å². The molecule has 2 amide bonds. The average Bonchev–Trinajstić information content (AvgIpc) is 2.50. The number of imide groups is 1. The molecule has 0 aliphatic heterocycles. The van der Waals surface area contributed by atoms with Crippen molar-refractivity contribution in [2.75, 3.05) is 4.90 Å². The molecule has 0 bridgehead atoms. The smallest absolute Gasteiger partial charge is 0.443 e. The summed E-state index contributed by atoms with van der Waals surface area (Å²) in [6.07, 6.45) is -3.41. The van der Waals surface area contributed by atoms with Gasteiger partial charge in [0.05, 0.1) is 11.0 Å². The van der Waals surface area contributed by atoms with Gasteiger partial charge in [0.1, 0.15) is 28.2 Å². The highest BCUT2D eigenvalue weighted by Crippen LogP contribution is 2.34. The number of nitro benzene ring substituents is 1. The fourth-order valence-corrected chi connectivity index (χ4v) is 2.16. The molecule has 0 unspecified atom stereocenters. The summed E-state index contributed by atoms with van der Waals surface area (Å²) in [6, 6.07) is 3.14. The van der Waals surface area contributed by atoms with Gasteiger partial charge < -0.3 is 18.9 Å². The van der Waals surface area contributed by atoms with E-state index in [1.54, 1.807) is 62.3 Å². The molecule has 11 nitrogen and oxygen atoms in total. The summed E-state index contributed by atoms with van der Waals surface area (Å²) in [5, 5.41) is 11.7. The summed E-state index contributed by atoms with van der Waals surface area (Å²) >= 11 is 0. The molecule has 0 aromatic heterocycles. The average molecular weight is 454 g/mol. The zero-order valence-corrected chi connectivity index (χ0v) is 19.8. The molecule has 0 spiro atoms. The van der Waals surface area contributed by atoms with Crippen molar-refractivity contribution < 1.29 is 38.3 Å². The molecular weight excluding hydrogens is 424 g/mol. The van der Waals surface area contributed by atoms with Crippen LogP contribution in [0.5, 0.6) is 5.75 Å². The number of benzene rings is 1. The van der Waals surface area contributed by atoms with Crippen molar-refractivity contribution >= 4 is 29.7 Å². The maximum atomic E-state index is 12.8. The number of amides is 2. The molecular formula is C21H30N2O9. The lowest BCUT2D eigenvalue weighted by atomic mass is 10.2. The van der Waals surface area contributed by atoms with Gasteiger partial charge in [0, 0.05) is 0 Å². The Morgan fingerprint density at radius 1 is 0.812 bits per heavy atom. The van der Waals surface area contributed by atoms with Crippen molar-refractivity contribution in [3.8, 4) is 5.75 Å². The van der Waals surface area contributed by atoms with E-state index in [1.807, 2.05) is 0 Å². The fourth-order valence-electron chi connectivity index (χ4n) is 2.16. The van der Waals surface area contributed by atoms with Crippen LogP contribution < -0.4 is 9.64 Å². The van der Waals surface area contributed by atoms with E-state index in [9.17, 15) is 24.5 Å². The number of anilines is 1. The van der Waals surface area contributed by atoms with Crippen molar-refractivity contribution in [2.24, 2.45) is 0 Å². The van der Waals surface area contributed by atoms with E-state index in [1.165, 1.54) is 6.07 Å². The number of carbonyl (C=O) groups excluding carboxylic acids is 3.